The van der Waals surface area contributed by atoms with E-state index in [1.807, 2.05) is 13.2 Å². The van der Waals surface area contributed by atoms with Gasteiger partial charge in [-0.2, -0.15) is 5.10 Å². The van der Waals surface area contributed by atoms with Crippen LogP contribution in [0.3, 0.4) is 0 Å². The maximum Gasteiger partial charge on any atom is 0.250 e. The molecule has 2 rings (SSSR count). The lowest BCUT2D eigenvalue weighted by atomic mass is 10.3. The number of nitrogens with one attached hydrogen (secondary N) is 1. The minimum atomic E-state index is 0.661. The van der Waals surface area contributed by atoms with E-state index in [4.69, 9.17) is 0 Å². The van der Waals surface area contributed by atoms with E-state index in [9.17, 15) is 0 Å². The van der Waals surface area contributed by atoms with Gasteiger partial charge in [0.1, 0.15) is 0 Å². The Labute approximate surface area is 75.8 Å². The summed E-state index contributed by atoms with van der Waals surface area (Å²) in [7, 11) is 1.93. The number of hydrogen-bond acceptors (Lipinski definition) is 4. The number of nitrogens with zero attached hydrogens (tertiary/aromatic N) is 4. The molecule has 5 heteroatoms. The van der Waals surface area contributed by atoms with Crippen LogP contribution in [0.2, 0.25) is 0 Å². The molecule has 0 unspecified atom stereocenters. The van der Waals surface area contributed by atoms with E-state index in [-0.39, 0.29) is 0 Å². The van der Waals surface area contributed by atoms with Crippen molar-refractivity contribution in [2.24, 2.45) is 0 Å². The Hall–Kier alpha value is -1.49. The van der Waals surface area contributed by atoms with Crippen molar-refractivity contribution in [3.8, 4) is 0 Å². The first kappa shape index (κ1) is 8.12. The summed E-state index contributed by atoms with van der Waals surface area (Å²) in [6.07, 6.45) is 6.03. The highest BCUT2D eigenvalue weighted by Gasteiger charge is 2.02. The first-order valence-corrected chi connectivity index (χ1v) is 4.20. The first-order valence-electron chi connectivity index (χ1n) is 4.20. The third-order valence-corrected chi connectivity index (χ3v) is 1.86. The lowest BCUT2D eigenvalue weighted by molar-refractivity contribution is 0.744. The van der Waals surface area contributed by atoms with Crippen molar-refractivity contribution >= 4 is 5.78 Å². The molecule has 0 saturated heterocycles. The molecule has 0 aliphatic carbocycles. The van der Waals surface area contributed by atoms with Gasteiger partial charge >= 0.3 is 0 Å². The average Bonchev–Trinajstić information content (AvgIpc) is 2.58. The molecule has 13 heavy (non-hydrogen) atoms. The number of fused-ring (bicyclic) bond motifs is 1. The number of likely N-dealkylation sites (N-methyl/N-ethyl adjacent to an activating group) is 1. The van der Waals surface area contributed by atoms with Gasteiger partial charge in [-0.05, 0) is 7.05 Å². The monoisotopic (exact) mass is 177 g/mol. The van der Waals surface area contributed by atoms with Crippen LogP contribution in [-0.2, 0) is 6.42 Å². The van der Waals surface area contributed by atoms with Crippen molar-refractivity contribution in [3.05, 3.63) is 24.3 Å². The second-order valence-electron chi connectivity index (χ2n) is 2.76. The molecular formula is C8H11N5. The molecule has 2 aromatic heterocycles. The second-order valence-corrected chi connectivity index (χ2v) is 2.76. The van der Waals surface area contributed by atoms with Gasteiger partial charge in [-0.15, -0.1) is 0 Å². The summed E-state index contributed by atoms with van der Waals surface area (Å²) in [5.41, 5.74) is 1.08. The molecule has 2 aromatic rings. The largest absolute Gasteiger partial charge is 0.319 e. The van der Waals surface area contributed by atoms with E-state index in [1.165, 1.54) is 0 Å². The first-order chi connectivity index (χ1) is 6.42. The van der Waals surface area contributed by atoms with Gasteiger partial charge in [-0.3, -0.25) is 0 Å². The molecule has 0 radical (unpaired) electrons. The van der Waals surface area contributed by atoms with Gasteiger partial charge in [0.15, 0.2) is 0 Å². The zero-order chi connectivity index (χ0) is 9.10. The molecule has 0 amide bonds. The Kier molecular flexibility index (Phi) is 2.18. The Morgan fingerprint density at radius 1 is 1.38 bits per heavy atom. The summed E-state index contributed by atoms with van der Waals surface area (Å²) in [4.78, 5) is 8.21. The standard InChI is InChI=1S/C8H11N5/c1-9-3-2-7-6-11-8-10-4-5-12-13(7)8/h4-6,9H,2-3H2,1H3. The van der Waals surface area contributed by atoms with Crippen molar-refractivity contribution in [2.45, 2.75) is 6.42 Å². The van der Waals surface area contributed by atoms with E-state index < -0.39 is 0 Å². The third-order valence-electron chi connectivity index (χ3n) is 1.86. The van der Waals surface area contributed by atoms with Gasteiger partial charge in [0.2, 0.25) is 0 Å². The fraction of sp³-hybridized carbons (Fsp3) is 0.375. The number of aromatic nitrogens is 4. The molecule has 0 aliphatic rings. The minimum absolute atomic E-state index is 0.661. The molecule has 2 heterocycles. The van der Waals surface area contributed by atoms with Gasteiger partial charge < -0.3 is 5.32 Å². The fourth-order valence-corrected chi connectivity index (χ4v) is 1.20. The summed E-state index contributed by atoms with van der Waals surface area (Å²) in [6, 6.07) is 0. The highest BCUT2D eigenvalue weighted by Crippen LogP contribution is 2.00. The summed E-state index contributed by atoms with van der Waals surface area (Å²) in [5, 5.41) is 7.24. The molecule has 0 bridgehead atoms. The summed E-state index contributed by atoms with van der Waals surface area (Å²) in [6.45, 7) is 0.921. The van der Waals surface area contributed by atoms with Crippen LogP contribution < -0.4 is 5.32 Å². The molecule has 0 aliphatic heterocycles. The quantitative estimate of drug-likeness (QED) is 0.710. The third kappa shape index (κ3) is 1.50. The molecule has 68 valence electrons. The van der Waals surface area contributed by atoms with Crippen LogP contribution in [0.15, 0.2) is 18.6 Å². The topological polar surface area (TPSA) is 55.1 Å². The SMILES string of the molecule is CNCCc1cnc2nccnn12. The van der Waals surface area contributed by atoms with Crippen LogP contribution in [0, 0.1) is 0 Å². The van der Waals surface area contributed by atoms with Crippen LogP contribution in [0.1, 0.15) is 5.69 Å². The predicted octanol–water partition coefficient (Wildman–Crippen LogP) is -0.114. The van der Waals surface area contributed by atoms with E-state index in [0.29, 0.717) is 5.78 Å². The zero-order valence-electron chi connectivity index (χ0n) is 7.44. The van der Waals surface area contributed by atoms with Crippen molar-refractivity contribution < 1.29 is 0 Å². The van der Waals surface area contributed by atoms with Crippen LogP contribution in [0.4, 0.5) is 0 Å². The van der Waals surface area contributed by atoms with Crippen molar-refractivity contribution in [3.63, 3.8) is 0 Å². The highest BCUT2D eigenvalue weighted by molar-refractivity contribution is 5.27. The molecule has 5 nitrogen and oxygen atoms in total. The highest BCUT2D eigenvalue weighted by atomic mass is 15.3. The predicted molar refractivity (Wildman–Crippen MR) is 48.4 cm³/mol. The lowest BCUT2D eigenvalue weighted by Gasteiger charge is -1.97. The minimum Gasteiger partial charge on any atom is -0.319 e. The Balaban J connectivity index is 2.35. The lowest BCUT2D eigenvalue weighted by Crippen LogP contribution is -2.12. The van der Waals surface area contributed by atoms with Crippen LogP contribution in [0.25, 0.3) is 5.78 Å². The van der Waals surface area contributed by atoms with Gasteiger partial charge in [-0.1, -0.05) is 0 Å². The van der Waals surface area contributed by atoms with Crippen molar-refractivity contribution in [2.75, 3.05) is 13.6 Å². The summed E-state index contributed by atoms with van der Waals surface area (Å²) in [5.74, 6) is 0.661. The van der Waals surface area contributed by atoms with Crippen molar-refractivity contribution in [1.29, 1.82) is 0 Å². The molecule has 0 spiro atoms. The maximum atomic E-state index is 4.16. The van der Waals surface area contributed by atoms with Gasteiger partial charge in [0, 0.05) is 13.0 Å². The maximum absolute atomic E-state index is 4.16. The summed E-state index contributed by atoms with van der Waals surface area (Å²) >= 11 is 0. The van der Waals surface area contributed by atoms with Crippen LogP contribution in [-0.4, -0.2) is 33.2 Å². The Morgan fingerprint density at radius 3 is 3.15 bits per heavy atom. The molecule has 1 N–H and O–H groups in total. The Morgan fingerprint density at radius 2 is 2.31 bits per heavy atom. The average molecular weight is 177 g/mol. The van der Waals surface area contributed by atoms with E-state index in [1.54, 1.807) is 16.9 Å². The van der Waals surface area contributed by atoms with Gasteiger partial charge in [0.25, 0.3) is 5.78 Å². The van der Waals surface area contributed by atoms with Crippen LogP contribution in [0.5, 0.6) is 0 Å². The van der Waals surface area contributed by atoms with Gasteiger partial charge in [-0.25, -0.2) is 14.5 Å². The van der Waals surface area contributed by atoms with Crippen molar-refractivity contribution in [1.82, 2.24) is 24.9 Å². The molecule has 0 fully saturated rings. The smallest absolute Gasteiger partial charge is 0.250 e. The van der Waals surface area contributed by atoms with Crippen LogP contribution >= 0.6 is 0 Å². The molecule has 0 atom stereocenters. The normalized spacial score (nSPS) is 10.8. The number of imidazole rings is 1. The van der Waals surface area contributed by atoms with E-state index in [2.05, 4.69) is 20.4 Å². The van der Waals surface area contributed by atoms with Gasteiger partial charge in [0.05, 0.1) is 24.3 Å². The van der Waals surface area contributed by atoms with E-state index >= 15 is 0 Å². The fourth-order valence-electron chi connectivity index (χ4n) is 1.20. The zero-order valence-corrected chi connectivity index (χ0v) is 7.44. The molecule has 0 saturated carbocycles. The number of hydrogen-bond donors (Lipinski definition) is 1. The molecular weight excluding hydrogens is 166 g/mol. The van der Waals surface area contributed by atoms with E-state index in [0.717, 1.165) is 18.7 Å². The summed E-state index contributed by atoms with van der Waals surface area (Å²) < 4.78 is 1.76. The number of rotatable bonds is 3. The second kappa shape index (κ2) is 3.49. The Bertz CT molecular complexity index is 394. The molecule has 0 aromatic carbocycles.